The summed E-state index contributed by atoms with van der Waals surface area (Å²) < 4.78 is 75.7. The standard InChI is InChI=1S/C30H29ClF2N6O3S.C21H16FN3O4.C7H12FN/c1-6-21(41-4)15(3)29(40)38-9-10-39(14(2)13-38)28-17-11-19(31)23(24(33)25(17)36-30(37-28)42-5)16-7-8-20(32)26-22(16)18(12-34)27(35)43-26;1-2-12-13-5-18-19-11(7-25(18)20(27)14(13)8-29-21(12)28)3-10-4-17(23-9-26)15(22)6-16(10)24-19;8-6-4-7-2-1-3-9(7)5-6/h7-8,11,14,21H,3,6,9-10,13,35H2,1-2,4-5H3;3-6,9,12H,2,7-8H2,1H3,(H,23,26);6-7H,1-5H2. The van der Waals surface area contributed by atoms with Crippen LogP contribution in [-0.4, -0.2) is 119 Å². The van der Waals surface area contributed by atoms with Crippen molar-refractivity contribution in [3.8, 4) is 34.6 Å². The van der Waals surface area contributed by atoms with Crippen LogP contribution in [0.25, 0.3) is 54.4 Å². The number of nitrogens with two attached hydrogens (primary N) is 1. The van der Waals surface area contributed by atoms with Gasteiger partial charge >= 0.3 is 12.0 Å². The molecule has 81 heavy (non-hydrogen) atoms. The first-order valence-electron chi connectivity index (χ1n) is 26.5. The van der Waals surface area contributed by atoms with Crippen LogP contribution in [0.2, 0.25) is 5.02 Å². The molecule has 5 aliphatic heterocycles. The fraction of sp³-hybridized carbons (Fsp3) is 0.379. The van der Waals surface area contributed by atoms with Gasteiger partial charge in [0.15, 0.2) is 5.82 Å². The Morgan fingerprint density at radius 3 is 2.56 bits per heavy atom. The summed E-state index contributed by atoms with van der Waals surface area (Å²) in [7, 11) is 2.93. The first-order valence-corrected chi connectivity index (χ1v) is 27.7. The Bertz CT molecular complexity index is 3820. The van der Waals surface area contributed by atoms with Crippen molar-refractivity contribution in [1.82, 2.24) is 29.3 Å². The number of amides is 2. The fourth-order valence-electron chi connectivity index (χ4n) is 11.8. The van der Waals surface area contributed by atoms with E-state index >= 15 is 4.39 Å². The van der Waals surface area contributed by atoms with E-state index in [4.69, 9.17) is 31.5 Å². The highest BCUT2D eigenvalue weighted by atomic mass is 35.5. The molecular weight excluding hydrogens is 1090 g/mol. The van der Waals surface area contributed by atoms with Crippen molar-refractivity contribution in [1.29, 1.82) is 5.26 Å². The third-order valence-corrected chi connectivity index (χ3v) is 17.1. The first kappa shape index (κ1) is 56.6. The summed E-state index contributed by atoms with van der Waals surface area (Å²) in [6.45, 7) is 13.0. The van der Waals surface area contributed by atoms with Gasteiger partial charge in [-0.15, -0.1) is 11.3 Å². The third-order valence-electron chi connectivity index (χ3n) is 15.8. The number of halogens is 5. The Morgan fingerprint density at radius 2 is 1.86 bits per heavy atom. The van der Waals surface area contributed by atoms with Crippen molar-refractivity contribution in [2.24, 2.45) is 0 Å². The van der Waals surface area contributed by atoms with Crippen LogP contribution < -0.4 is 26.2 Å². The molecule has 0 spiro atoms. The quantitative estimate of drug-likeness (QED) is 0.0565. The van der Waals surface area contributed by atoms with E-state index in [9.17, 15) is 37.6 Å². The number of nitrogen functional groups attached to an aromatic ring is 1. The van der Waals surface area contributed by atoms with Gasteiger partial charge in [0.25, 0.3) is 11.5 Å². The van der Waals surface area contributed by atoms with Crippen LogP contribution in [0.3, 0.4) is 0 Å². The van der Waals surface area contributed by atoms with Crippen molar-refractivity contribution in [3.05, 3.63) is 110 Å². The number of cyclic esters (lactones) is 1. The van der Waals surface area contributed by atoms with Crippen LogP contribution in [0, 0.1) is 28.8 Å². The van der Waals surface area contributed by atoms with E-state index in [1.807, 2.05) is 43.9 Å². The molecule has 7 aromatic rings. The van der Waals surface area contributed by atoms with Crippen molar-refractivity contribution < 1.29 is 46.2 Å². The maximum atomic E-state index is 16.5. The van der Waals surface area contributed by atoms with E-state index in [1.54, 1.807) is 22.6 Å². The minimum Gasteiger partial charge on any atom is -0.467 e. The SMILES string of the molecule is C=C(C(=O)N1CCN(c2nc(OC)nc3c(F)c(-c4ccc(F)c5sc(N)c(C#N)c45)c(Cl)cc23)C(C)C1)C(CC)OC.CCC1C(=O)OCc2c1cc1n(c2=O)Cc2cc3cc(NC=O)c(F)cc3nc2-1.FC1CC2CCCN2C1. The Balaban J connectivity index is 0.000000164. The number of nitrogens with one attached hydrogen (secondary N) is 1. The molecule has 422 valence electrons. The lowest BCUT2D eigenvalue weighted by Crippen LogP contribution is -2.54. The highest BCUT2D eigenvalue weighted by molar-refractivity contribution is 7.23. The summed E-state index contributed by atoms with van der Waals surface area (Å²) in [5.74, 6) is -2.55. The normalized spacial score (nSPS) is 19.3. The van der Waals surface area contributed by atoms with Gasteiger partial charge in [0.05, 0.1) is 69.1 Å². The molecular formula is C58H57ClF4N10O7S. The average molecular weight is 1150 g/mol. The van der Waals surface area contributed by atoms with Crippen molar-refractivity contribution in [3.63, 3.8) is 0 Å². The van der Waals surface area contributed by atoms with E-state index < -0.39 is 29.5 Å². The molecule has 23 heteroatoms. The lowest BCUT2D eigenvalue weighted by molar-refractivity contribution is -0.148. The number of nitriles is 1. The molecule has 9 heterocycles. The van der Waals surface area contributed by atoms with Crippen LogP contribution in [0.5, 0.6) is 6.01 Å². The van der Waals surface area contributed by atoms with Gasteiger partial charge in [-0.05, 0) is 87.0 Å². The molecule has 0 saturated carbocycles. The highest BCUT2D eigenvalue weighted by Gasteiger charge is 2.37. The van der Waals surface area contributed by atoms with E-state index in [1.165, 1.54) is 44.2 Å². The number of methoxy groups -OCH3 is 2. The predicted molar refractivity (Wildman–Crippen MR) is 302 cm³/mol. The molecule has 0 bridgehead atoms. The number of pyridine rings is 2. The summed E-state index contributed by atoms with van der Waals surface area (Å²) in [5.41, 5.74) is 10.1. The number of ether oxygens (including phenoxy) is 3. The lowest BCUT2D eigenvalue weighted by Gasteiger charge is -2.41. The number of nitrogens with zero attached hydrogens (tertiary/aromatic N) is 8. The number of hydrogen-bond acceptors (Lipinski definition) is 15. The van der Waals surface area contributed by atoms with Gasteiger partial charge in [0.2, 0.25) is 6.41 Å². The number of hydrogen-bond donors (Lipinski definition) is 2. The second-order valence-corrected chi connectivity index (χ2v) is 22.0. The van der Waals surface area contributed by atoms with E-state index in [0.717, 1.165) is 29.9 Å². The smallest absolute Gasteiger partial charge is 0.318 e. The number of piperazine rings is 1. The summed E-state index contributed by atoms with van der Waals surface area (Å²) in [5, 5.41) is 13.4. The first-order chi connectivity index (χ1) is 38.9. The third kappa shape index (κ3) is 10.3. The summed E-state index contributed by atoms with van der Waals surface area (Å²) >= 11 is 7.65. The number of alkyl halides is 1. The van der Waals surface area contributed by atoms with Crippen LogP contribution in [0.4, 0.5) is 34.1 Å². The highest BCUT2D eigenvalue weighted by Crippen LogP contribution is 2.46. The molecule has 0 radical (unpaired) electrons. The minimum atomic E-state index is -0.783. The van der Waals surface area contributed by atoms with Crippen molar-refractivity contribution in [2.75, 3.05) is 62.9 Å². The van der Waals surface area contributed by atoms with Crippen molar-refractivity contribution in [2.45, 2.75) is 96.3 Å². The number of rotatable bonds is 10. The minimum absolute atomic E-state index is 0.0181. The van der Waals surface area contributed by atoms with Gasteiger partial charge < -0.3 is 39.6 Å². The number of aromatic nitrogens is 4. The average Bonchev–Trinajstić information content (AvgIpc) is 4.36. The van der Waals surface area contributed by atoms with Gasteiger partial charge in [-0.2, -0.15) is 15.2 Å². The maximum Gasteiger partial charge on any atom is 0.318 e. The summed E-state index contributed by atoms with van der Waals surface area (Å²) in [6.07, 6.45) is 4.02. The molecule has 0 aliphatic carbocycles. The summed E-state index contributed by atoms with van der Waals surface area (Å²) in [6, 6.07) is 12.9. The molecule has 2 amide bonds. The van der Waals surface area contributed by atoms with E-state index in [0.29, 0.717) is 108 Å². The Kier molecular flexibility index (Phi) is 16.1. The summed E-state index contributed by atoms with van der Waals surface area (Å²) in [4.78, 5) is 68.4. The number of anilines is 3. The van der Waals surface area contributed by atoms with Gasteiger partial charge in [-0.3, -0.25) is 24.1 Å². The second kappa shape index (κ2) is 23.0. The molecule has 5 unspecified atom stereocenters. The zero-order chi connectivity index (χ0) is 57.7. The molecule has 3 aromatic carbocycles. The van der Waals surface area contributed by atoms with E-state index in [2.05, 4.69) is 31.7 Å². The lowest BCUT2D eigenvalue weighted by atomic mass is 9.90. The number of carbonyl (C=O) groups is 3. The molecule has 5 atom stereocenters. The number of benzene rings is 3. The number of carbonyl (C=O) groups excluding carboxylic acids is 3. The van der Waals surface area contributed by atoms with Crippen molar-refractivity contribution >= 4 is 89.6 Å². The number of fused-ring (bicyclic) bond motifs is 8. The van der Waals surface area contributed by atoms with Crippen LogP contribution in [0.15, 0.2) is 59.4 Å². The Hall–Kier alpha value is -7.71. The predicted octanol–water partition coefficient (Wildman–Crippen LogP) is 9.80. The zero-order valence-corrected chi connectivity index (χ0v) is 46.6. The molecule has 5 aliphatic rings. The topological polar surface area (TPSA) is 211 Å². The van der Waals surface area contributed by atoms with Crippen LogP contribution >= 0.6 is 22.9 Å². The van der Waals surface area contributed by atoms with Gasteiger partial charge in [-0.25, -0.2) is 22.5 Å². The molecule has 17 nitrogen and oxygen atoms in total. The fourth-order valence-corrected chi connectivity index (χ4v) is 13.1. The molecule has 4 aromatic heterocycles. The van der Waals surface area contributed by atoms with Gasteiger partial charge in [0, 0.05) is 84.3 Å². The number of esters is 1. The Morgan fingerprint density at radius 1 is 1.07 bits per heavy atom. The van der Waals surface area contributed by atoms with Crippen LogP contribution in [-0.2, 0) is 37.0 Å². The molecule has 3 fully saturated rings. The van der Waals surface area contributed by atoms with Gasteiger partial charge in [-0.1, -0.05) is 38.1 Å². The monoisotopic (exact) mass is 1150 g/mol. The van der Waals surface area contributed by atoms with Crippen LogP contribution in [0.1, 0.15) is 81.0 Å². The molecule has 12 rings (SSSR count). The van der Waals surface area contributed by atoms with Gasteiger partial charge in [0.1, 0.15) is 46.8 Å². The largest absolute Gasteiger partial charge is 0.467 e. The molecule has 3 N–H and O–H groups in total. The molecule has 3 saturated heterocycles. The second-order valence-electron chi connectivity index (χ2n) is 20.5. The number of thiophene rings is 1. The van der Waals surface area contributed by atoms with E-state index in [-0.39, 0.29) is 90.2 Å². The maximum absolute atomic E-state index is 16.5. The zero-order valence-electron chi connectivity index (χ0n) is 45.0. The Labute approximate surface area is 471 Å².